The first kappa shape index (κ1) is 16.0. The van der Waals surface area contributed by atoms with Crippen LogP contribution in [-0.2, 0) is 11.3 Å². The fraction of sp³-hybridized carbons (Fsp3) is 0.500. The summed E-state index contributed by atoms with van der Waals surface area (Å²) in [7, 11) is 0. The molecule has 4 heteroatoms. The number of aromatic nitrogens is 2. The number of hydrogen-bond acceptors (Lipinski definition) is 3. The van der Waals surface area contributed by atoms with Gasteiger partial charge in [-0.15, -0.1) is 0 Å². The van der Waals surface area contributed by atoms with Crippen molar-refractivity contribution in [2.24, 2.45) is 23.2 Å². The van der Waals surface area contributed by atoms with Gasteiger partial charge in [0.1, 0.15) is 0 Å². The molecule has 2 aromatic rings. The summed E-state index contributed by atoms with van der Waals surface area (Å²) in [5.74, 6) is 2.68. The largest absolute Gasteiger partial charge is 0.352 e. The molecule has 4 fully saturated rings. The molecule has 0 radical (unpaired) electrons. The van der Waals surface area contributed by atoms with Crippen molar-refractivity contribution in [3.8, 4) is 11.3 Å². The van der Waals surface area contributed by atoms with E-state index in [2.05, 4.69) is 21.4 Å². The summed E-state index contributed by atoms with van der Waals surface area (Å²) >= 11 is 0. The third-order valence-electron chi connectivity index (χ3n) is 6.77. The molecular weight excluding hydrogens is 322 g/mol. The molecule has 0 aliphatic heterocycles. The molecule has 1 amide bonds. The summed E-state index contributed by atoms with van der Waals surface area (Å²) < 4.78 is 0. The summed E-state index contributed by atoms with van der Waals surface area (Å²) in [6.45, 7) is 0.585. The lowest BCUT2D eigenvalue weighted by Gasteiger charge is -2.55. The Labute approximate surface area is 154 Å². The highest BCUT2D eigenvalue weighted by molar-refractivity contribution is 5.83. The molecule has 0 spiro atoms. The smallest absolute Gasteiger partial charge is 0.226 e. The van der Waals surface area contributed by atoms with E-state index in [1.165, 1.54) is 19.3 Å². The van der Waals surface area contributed by atoms with Gasteiger partial charge < -0.3 is 5.32 Å². The van der Waals surface area contributed by atoms with Gasteiger partial charge in [0.05, 0.1) is 5.69 Å². The molecule has 2 aromatic heterocycles. The highest BCUT2D eigenvalue weighted by atomic mass is 16.2. The van der Waals surface area contributed by atoms with Gasteiger partial charge in [0, 0.05) is 36.1 Å². The molecule has 1 N–H and O–H groups in total. The Balaban J connectivity index is 1.29. The molecule has 0 unspecified atom stereocenters. The molecule has 4 saturated carbocycles. The SMILES string of the molecule is O=C(NCc1ccnc(-c2ccncc2)c1)C12CC3CC(CC(C3)C1)C2. The van der Waals surface area contributed by atoms with E-state index in [1.54, 1.807) is 12.4 Å². The first-order chi connectivity index (χ1) is 12.7. The first-order valence-electron chi connectivity index (χ1n) is 9.84. The number of carbonyl (C=O) groups is 1. The van der Waals surface area contributed by atoms with Crippen molar-refractivity contribution in [1.82, 2.24) is 15.3 Å². The molecule has 26 heavy (non-hydrogen) atoms. The zero-order valence-electron chi connectivity index (χ0n) is 15.0. The van der Waals surface area contributed by atoms with Gasteiger partial charge in [-0.1, -0.05) is 0 Å². The maximum Gasteiger partial charge on any atom is 0.226 e. The van der Waals surface area contributed by atoms with Crippen LogP contribution in [0.3, 0.4) is 0 Å². The minimum Gasteiger partial charge on any atom is -0.352 e. The lowest BCUT2D eigenvalue weighted by Crippen LogP contribution is -2.53. The van der Waals surface area contributed by atoms with Gasteiger partial charge in [0.15, 0.2) is 0 Å². The number of rotatable bonds is 4. The van der Waals surface area contributed by atoms with Crippen molar-refractivity contribution in [2.45, 2.75) is 45.1 Å². The molecule has 6 rings (SSSR count). The van der Waals surface area contributed by atoms with Crippen LogP contribution in [-0.4, -0.2) is 15.9 Å². The van der Waals surface area contributed by atoms with Crippen molar-refractivity contribution in [3.63, 3.8) is 0 Å². The molecular formula is C22H25N3O. The van der Waals surface area contributed by atoms with Crippen molar-refractivity contribution in [3.05, 3.63) is 48.4 Å². The van der Waals surface area contributed by atoms with Gasteiger partial charge >= 0.3 is 0 Å². The lowest BCUT2D eigenvalue weighted by molar-refractivity contribution is -0.146. The maximum absolute atomic E-state index is 13.1. The van der Waals surface area contributed by atoms with Gasteiger partial charge in [0.2, 0.25) is 5.91 Å². The minimum absolute atomic E-state index is 0.0737. The normalized spacial score (nSPS) is 31.8. The van der Waals surface area contributed by atoms with Gasteiger partial charge in [-0.3, -0.25) is 14.8 Å². The Hall–Kier alpha value is -2.23. The van der Waals surface area contributed by atoms with E-state index in [-0.39, 0.29) is 5.41 Å². The molecule has 0 aromatic carbocycles. The predicted molar refractivity (Wildman–Crippen MR) is 99.9 cm³/mol. The molecule has 134 valence electrons. The Morgan fingerprint density at radius 3 is 2.31 bits per heavy atom. The first-order valence-corrected chi connectivity index (χ1v) is 9.84. The average molecular weight is 347 g/mol. The highest BCUT2D eigenvalue weighted by Crippen LogP contribution is 2.60. The monoisotopic (exact) mass is 347 g/mol. The molecule has 4 bridgehead atoms. The third kappa shape index (κ3) is 2.81. The Kier molecular flexibility index (Phi) is 3.80. The highest BCUT2D eigenvalue weighted by Gasteiger charge is 2.54. The van der Waals surface area contributed by atoms with Crippen molar-refractivity contribution in [1.29, 1.82) is 0 Å². The van der Waals surface area contributed by atoms with Crippen LogP contribution in [0.5, 0.6) is 0 Å². The minimum atomic E-state index is -0.0737. The van der Waals surface area contributed by atoms with Gasteiger partial charge in [-0.05, 0) is 86.1 Å². The van der Waals surface area contributed by atoms with E-state index >= 15 is 0 Å². The topological polar surface area (TPSA) is 54.9 Å². The quantitative estimate of drug-likeness (QED) is 0.910. The van der Waals surface area contributed by atoms with Crippen molar-refractivity contribution in [2.75, 3.05) is 0 Å². The van der Waals surface area contributed by atoms with Gasteiger partial charge in [-0.2, -0.15) is 0 Å². The van der Waals surface area contributed by atoms with Gasteiger partial charge in [-0.25, -0.2) is 0 Å². The Bertz CT molecular complexity index is 782. The van der Waals surface area contributed by atoms with Crippen LogP contribution in [0.25, 0.3) is 11.3 Å². The van der Waals surface area contributed by atoms with Crippen LogP contribution in [0.2, 0.25) is 0 Å². The summed E-state index contributed by atoms with van der Waals surface area (Å²) in [5.41, 5.74) is 3.00. The van der Waals surface area contributed by atoms with E-state index in [0.29, 0.717) is 12.5 Å². The van der Waals surface area contributed by atoms with Crippen LogP contribution >= 0.6 is 0 Å². The standard InChI is InChI=1S/C22H25N3O/c26-21(22-11-16-7-17(12-22)9-18(8-16)13-22)25-14-15-1-6-24-20(10-15)19-2-4-23-5-3-19/h1-6,10,16-18H,7-9,11-14H2,(H,25,26). The number of hydrogen-bond donors (Lipinski definition) is 1. The van der Waals surface area contributed by atoms with Crippen LogP contribution in [0.15, 0.2) is 42.9 Å². The van der Waals surface area contributed by atoms with E-state index in [1.807, 2.05) is 24.4 Å². The average Bonchev–Trinajstić information content (AvgIpc) is 2.66. The Morgan fingerprint density at radius 2 is 1.65 bits per heavy atom. The van der Waals surface area contributed by atoms with Crippen molar-refractivity contribution >= 4 is 5.91 Å². The number of nitrogens with zero attached hydrogens (tertiary/aromatic N) is 2. The van der Waals surface area contributed by atoms with E-state index in [9.17, 15) is 4.79 Å². The van der Waals surface area contributed by atoms with E-state index < -0.39 is 0 Å². The second-order valence-electron chi connectivity index (χ2n) is 8.67. The third-order valence-corrected chi connectivity index (χ3v) is 6.77. The zero-order chi connectivity index (χ0) is 17.6. The number of amides is 1. The van der Waals surface area contributed by atoms with Gasteiger partial charge in [0.25, 0.3) is 0 Å². The van der Waals surface area contributed by atoms with Crippen LogP contribution in [0.4, 0.5) is 0 Å². The summed E-state index contributed by atoms with van der Waals surface area (Å²) in [5, 5.41) is 3.26. The second-order valence-corrected chi connectivity index (χ2v) is 8.67. The molecule has 2 heterocycles. The molecule has 0 atom stereocenters. The zero-order valence-corrected chi connectivity index (χ0v) is 15.0. The fourth-order valence-corrected chi connectivity index (χ4v) is 6.02. The summed E-state index contributed by atoms with van der Waals surface area (Å²) in [6.07, 6.45) is 12.8. The number of carbonyl (C=O) groups excluding carboxylic acids is 1. The number of nitrogens with one attached hydrogen (secondary N) is 1. The maximum atomic E-state index is 13.1. The summed E-state index contributed by atoms with van der Waals surface area (Å²) in [4.78, 5) is 21.6. The Morgan fingerprint density at radius 1 is 1.00 bits per heavy atom. The van der Waals surface area contributed by atoms with Crippen molar-refractivity contribution < 1.29 is 4.79 Å². The molecule has 4 aliphatic carbocycles. The molecule has 0 saturated heterocycles. The lowest BCUT2D eigenvalue weighted by atomic mass is 9.49. The second kappa shape index (κ2) is 6.19. The molecule has 4 aliphatic rings. The van der Waals surface area contributed by atoms with Crippen LogP contribution in [0, 0.1) is 23.2 Å². The van der Waals surface area contributed by atoms with E-state index in [0.717, 1.165) is 53.8 Å². The number of pyridine rings is 2. The summed E-state index contributed by atoms with van der Waals surface area (Å²) in [6, 6.07) is 7.97. The fourth-order valence-electron chi connectivity index (χ4n) is 6.02. The van der Waals surface area contributed by atoms with Crippen LogP contribution < -0.4 is 5.32 Å². The van der Waals surface area contributed by atoms with E-state index in [4.69, 9.17) is 0 Å². The molecule has 4 nitrogen and oxygen atoms in total. The predicted octanol–water partition coefficient (Wildman–Crippen LogP) is 3.98. The van der Waals surface area contributed by atoms with Crippen LogP contribution in [0.1, 0.15) is 44.1 Å².